The molecule has 2 heterocycles. The van der Waals surface area contributed by atoms with Gasteiger partial charge in [-0.3, -0.25) is 14.3 Å². The molecule has 2 aromatic heterocycles. The Hall–Kier alpha value is -2.57. The molecule has 106 valence electrons. The molecule has 7 nitrogen and oxygen atoms in total. The standard InChI is InChI=1S/C13H15N3O4/c1-8(2)9-4-6-20-12(9)13(19)14-10-3-5-16(15-10)7-11(17)18/h3-6,8H,7H2,1-2H3,(H,17,18)(H,14,15,19). The van der Waals surface area contributed by atoms with Gasteiger partial charge in [-0.25, -0.2) is 0 Å². The number of carbonyl (C=O) groups is 2. The van der Waals surface area contributed by atoms with Crippen molar-refractivity contribution in [2.45, 2.75) is 26.3 Å². The molecule has 0 aliphatic heterocycles. The van der Waals surface area contributed by atoms with Crippen LogP contribution in [-0.2, 0) is 11.3 Å². The summed E-state index contributed by atoms with van der Waals surface area (Å²) in [6, 6.07) is 3.28. The summed E-state index contributed by atoms with van der Waals surface area (Å²) in [5.74, 6) is -0.715. The molecule has 0 unspecified atom stereocenters. The van der Waals surface area contributed by atoms with Gasteiger partial charge < -0.3 is 14.8 Å². The number of amides is 1. The van der Waals surface area contributed by atoms with E-state index in [-0.39, 0.29) is 24.0 Å². The first kappa shape index (κ1) is 13.9. The first-order valence-corrected chi connectivity index (χ1v) is 6.11. The Morgan fingerprint density at radius 2 is 2.20 bits per heavy atom. The summed E-state index contributed by atoms with van der Waals surface area (Å²) in [5.41, 5.74) is 0.812. The number of carboxylic acids is 1. The molecule has 1 amide bonds. The van der Waals surface area contributed by atoms with E-state index >= 15 is 0 Å². The molecule has 0 spiro atoms. The number of anilines is 1. The molecule has 0 saturated heterocycles. The molecule has 0 fully saturated rings. The summed E-state index contributed by atoms with van der Waals surface area (Å²) in [5, 5.41) is 15.2. The zero-order valence-electron chi connectivity index (χ0n) is 11.2. The predicted molar refractivity (Wildman–Crippen MR) is 70.6 cm³/mol. The number of rotatable bonds is 5. The van der Waals surface area contributed by atoms with E-state index in [2.05, 4.69) is 10.4 Å². The highest BCUT2D eigenvalue weighted by Gasteiger charge is 2.18. The lowest BCUT2D eigenvalue weighted by Gasteiger charge is -2.05. The molecule has 20 heavy (non-hydrogen) atoms. The van der Waals surface area contributed by atoms with Gasteiger partial charge in [-0.05, 0) is 12.0 Å². The molecule has 0 aromatic carbocycles. The van der Waals surface area contributed by atoms with Gasteiger partial charge in [0.2, 0.25) is 0 Å². The van der Waals surface area contributed by atoms with Gasteiger partial charge in [0.15, 0.2) is 11.6 Å². The van der Waals surface area contributed by atoms with E-state index in [1.807, 2.05) is 13.8 Å². The number of aromatic nitrogens is 2. The van der Waals surface area contributed by atoms with Crippen LogP contribution in [0.1, 0.15) is 35.9 Å². The topological polar surface area (TPSA) is 97.4 Å². The number of hydrogen-bond donors (Lipinski definition) is 2. The van der Waals surface area contributed by atoms with Crippen molar-refractivity contribution in [3.8, 4) is 0 Å². The summed E-state index contributed by atoms with van der Waals surface area (Å²) in [6.07, 6.45) is 2.95. The second-order valence-electron chi connectivity index (χ2n) is 4.61. The summed E-state index contributed by atoms with van der Waals surface area (Å²) in [4.78, 5) is 22.6. The summed E-state index contributed by atoms with van der Waals surface area (Å²) in [6.45, 7) is 3.67. The third kappa shape index (κ3) is 3.05. The Labute approximate surface area is 115 Å². The fourth-order valence-corrected chi connectivity index (χ4v) is 1.79. The molecular weight excluding hydrogens is 262 g/mol. The first-order valence-electron chi connectivity index (χ1n) is 6.11. The van der Waals surface area contributed by atoms with E-state index < -0.39 is 11.9 Å². The number of carbonyl (C=O) groups excluding carboxylic acids is 1. The molecule has 0 bridgehead atoms. The van der Waals surface area contributed by atoms with E-state index in [1.165, 1.54) is 23.2 Å². The Morgan fingerprint density at radius 3 is 2.85 bits per heavy atom. The Kier molecular flexibility index (Phi) is 3.88. The average molecular weight is 277 g/mol. The van der Waals surface area contributed by atoms with Gasteiger partial charge in [0.25, 0.3) is 5.91 Å². The number of furan rings is 1. The Morgan fingerprint density at radius 1 is 1.45 bits per heavy atom. The van der Waals surface area contributed by atoms with Crippen molar-refractivity contribution in [1.29, 1.82) is 0 Å². The summed E-state index contributed by atoms with van der Waals surface area (Å²) in [7, 11) is 0. The zero-order chi connectivity index (χ0) is 14.7. The van der Waals surface area contributed by atoms with Crippen molar-refractivity contribution in [3.63, 3.8) is 0 Å². The predicted octanol–water partition coefficient (Wildman–Crippen LogP) is 1.94. The van der Waals surface area contributed by atoms with Gasteiger partial charge >= 0.3 is 5.97 Å². The molecule has 0 saturated carbocycles. The van der Waals surface area contributed by atoms with Crippen molar-refractivity contribution in [3.05, 3.63) is 35.9 Å². The van der Waals surface area contributed by atoms with Crippen molar-refractivity contribution < 1.29 is 19.1 Å². The molecule has 2 aromatic rings. The number of carboxylic acid groups (broad SMARTS) is 1. The maximum absolute atomic E-state index is 12.1. The fourth-order valence-electron chi connectivity index (χ4n) is 1.79. The largest absolute Gasteiger partial charge is 0.480 e. The van der Waals surface area contributed by atoms with Gasteiger partial charge in [0.1, 0.15) is 6.54 Å². The number of nitrogens with one attached hydrogen (secondary N) is 1. The smallest absolute Gasteiger partial charge is 0.325 e. The van der Waals surface area contributed by atoms with Gasteiger partial charge in [0, 0.05) is 17.8 Å². The quantitative estimate of drug-likeness (QED) is 0.870. The monoisotopic (exact) mass is 277 g/mol. The van der Waals surface area contributed by atoms with Crippen molar-refractivity contribution in [1.82, 2.24) is 9.78 Å². The molecule has 0 radical (unpaired) electrons. The minimum absolute atomic E-state index is 0.166. The normalized spacial score (nSPS) is 10.8. The van der Waals surface area contributed by atoms with Crippen LogP contribution in [0.5, 0.6) is 0 Å². The van der Waals surface area contributed by atoms with Crippen LogP contribution in [0.2, 0.25) is 0 Å². The molecule has 0 atom stereocenters. The maximum atomic E-state index is 12.1. The second-order valence-corrected chi connectivity index (χ2v) is 4.61. The second kappa shape index (κ2) is 5.60. The highest BCUT2D eigenvalue weighted by molar-refractivity contribution is 6.02. The molecule has 2 N–H and O–H groups in total. The summed E-state index contributed by atoms with van der Waals surface area (Å²) < 4.78 is 6.42. The van der Waals surface area contributed by atoms with E-state index in [4.69, 9.17) is 9.52 Å². The number of aliphatic carboxylic acids is 1. The van der Waals surface area contributed by atoms with E-state index in [0.29, 0.717) is 0 Å². The lowest BCUT2D eigenvalue weighted by molar-refractivity contribution is -0.137. The average Bonchev–Trinajstić information content (AvgIpc) is 2.96. The fraction of sp³-hybridized carbons (Fsp3) is 0.308. The first-order chi connectivity index (χ1) is 9.47. The zero-order valence-corrected chi connectivity index (χ0v) is 11.2. The highest BCUT2D eigenvalue weighted by atomic mass is 16.4. The van der Waals surface area contributed by atoms with Crippen LogP contribution in [0.15, 0.2) is 29.0 Å². The SMILES string of the molecule is CC(C)c1ccoc1C(=O)Nc1ccn(CC(=O)O)n1. The van der Waals surface area contributed by atoms with E-state index in [1.54, 1.807) is 6.07 Å². The van der Waals surface area contributed by atoms with Crippen LogP contribution in [0.3, 0.4) is 0 Å². The van der Waals surface area contributed by atoms with Crippen LogP contribution in [0.25, 0.3) is 0 Å². The lowest BCUT2D eigenvalue weighted by Crippen LogP contribution is -2.15. The van der Waals surface area contributed by atoms with Crippen LogP contribution in [0, 0.1) is 0 Å². The van der Waals surface area contributed by atoms with Crippen LogP contribution in [0.4, 0.5) is 5.82 Å². The maximum Gasteiger partial charge on any atom is 0.325 e. The van der Waals surface area contributed by atoms with E-state index in [9.17, 15) is 9.59 Å². The number of nitrogens with zero attached hydrogens (tertiary/aromatic N) is 2. The molecule has 2 rings (SSSR count). The molecule has 7 heteroatoms. The van der Waals surface area contributed by atoms with E-state index in [0.717, 1.165) is 5.56 Å². The minimum atomic E-state index is -1.00. The molecule has 0 aliphatic carbocycles. The Balaban J connectivity index is 2.09. The third-order valence-corrected chi connectivity index (χ3v) is 2.70. The molecule has 0 aliphatic rings. The molecular formula is C13H15N3O4. The highest BCUT2D eigenvalue weighted by Crippen LogP contribution is 2.21. The summed E-state index contributed by atoms with van der Waals surface area (Å²) >= 11 is 0. The van der Waals surface area contributed by atoms with Crippen LogP contribution >= 0.6 is 0 Å². The van der Waals surface area contributed by atoms with Gasteiger partial charge in [-0.1, -0.05) is 13.8 Å². The van der Waals surface area contributed by atoms with Crippen molar-refractivity contribution >= 4 is 17.7 Å². The van der Waals surface area contributed by atoms with Gasteiger partial charge in [-0.2, -0.15) is 5.10 Å². The Bertz CT molecular complexity index is 627. The lowest BCUT2D eigenvalue weighted by atomic mass is 10.0. The van der Waals surface area contributed by atoms with Crippen molar-refractivity contribution in [2.24, 2.45) is 0 Å². The van der Waals surface area contributed by atoms with Crippen LogP contribution in [-0.4, -0.2) is 26.8 Å². The minimum Gasteiger partial charge on any atom is -0.480 e. The van der Waals surface area contributed by atoms with Gasteiger partial charge in [0.05, 0.1) is 6.26 Å². The third-order valence-electron chi connectivity index (χ3n) is 2.70. The number of hydrogen-bond acceptors (Lipinski definition) is 4. The van der Waals surface area contributed by atoms with Crippen LogP contribution < -0.4 is 5.32 Å². The van der Waals surface area contributed by atoms with Crippen molar-refractivity contribution in [2.75, 3.05) is 5.32 Å². The van der Waals surface area contributed by atoms with Gasteiger partial charge in [-0.15, -0.1) is 0 Å².